The molecule has 0 bridgehead atoms. The quantitative estimate of drug-likeness (QED) is 0.148. The van der Waals surface area contributed by atoms with E-state index in [1.807, 2.05) is 74.8 Å². The van der Waals surface area contributed by atoms with E-state index in [0.29, 0.717) is 30.8 Å². The van der Waals surface area contributed by atoms with Gasteiger partial charge in [-0.05, 0) is 74.2 Å². The van der Waals surface area contributed by atoms with Crippen molar-refractivity contribution in [3.05, 3.63) is 126 Å². The van der Waals surface area contributed by atoms with E-state index < -0.39 is 20.0 Å². The fourth-order valence-electron chi connectivity index (χ4n) is 5.31. The number of hydrogen-bond acceptors (Lipinski definition) is 5. The third kappa shape index (κ3) is 7.94. The van der Waals surface area contributed by atoms with Crippen LogP contribution in [-0.4, -0.2) is 58.4 Å². The van der Waals surface area contributed by atoms with Gasteiger partial charge in [-0.15, -0.1) is 0 Å². The zero-order valence-corrected chi connectivity index (χ0v) is 28.6. The lowest BCUT2D eigenvalue weighted by atomic mass is 10.1. The SMILES string of the molecule is COc1cccc2c(CCNS(=O)(=O)c3ccc(C)cc3)c[nH]c12.Cc1ccc(S(=O)(=O)N(C)CCc2c[nH]c3ccccc23)cc1. The van der Waals surface area contributed by atoms with Gasteiger partial charge < -0.3 is 14.7 Å². The van der Waals surface area contributed by atoms with E-state index >= 15 is 0 Å². The Kier molecular flexibility index (Phi) is 10.5. The van der Waals surface area contributed by atoms with Crippen LogP contribution in [0.3, 0.4) is 0 Å². The zero-order chi connectivity index (χ0) is 33.6. The molecule has 0 aliphatic heterocycles. The summed E-state index contributed by atoms with van der Waals surface area (Å²) >= 11 is 0. The number of nitrogens with one attached hydrogen (secondary N) is 3. The molecule has 0 radical (unpaired) electrons. The Balaban J connectivity index is 0.000000185. The molecule has 0 aliphatic rings. The van der Waals surface area contributed by atoms with Crippen LogP contribution >= 0.6 is 0 Å². The van der Waals surface area contributed by atoms with E-state index in [-0.39, 0.29) is 4.90 Å². The lowest BCUT2D eigenvalue weighted by molar-refractivity contribution is 0.419. The van der Waals surface area contributed by atoms with Gasteiger partial charge in [0.25, 0.3) is 0 Å². The predicted molar refractivity (Wildman–Crippen MR) is 188 cm³/mol. The van der Waals surface area contributed by atoms with Crippen molar-refractivity contribution < 1.29 is 21.6 Å². The Hall–Kier alpha value is -4.42. The van der Waals surface area contributed by atoms with Crippen LogP contribution in [0, 0.1) is 13.8 Å². The van der Waals surface area contributed by atoms with E-state index in [9.17, 15) is 16.8 Å². The minimum absolute atomic E-state index is 0.286. The van der Waals surface area contributed by atoms with Gasteiger partial charge in [0.1, 0.15) is 5.75 Å². The fraction of sp³-hybridized carbons (Fsp3) is 0.222. The highest BCUT2D eigenvalue weighted by atomic mass is 32.2. The molecule has 246 valence electrons. The highest BCUT2D eigenvalue weighted by molar-refractivity contribution is 7.89. The average molecular weight is 673 g/mol. The van der Waals surface area contributed by atoms with Gasteiger partial charge in [-0.2, -0.15) is 0 Å². The van der Waals surface area contributed by atoms with Gasteiger partial charge in [-0.25, -0.2) is 25.9 Å². The van der Waals surface area contributed by atoms with Crippen LogP contribution in [0.2, 0.25) is 0 Å². The van der Waals surface area contributed by atoms with Crippen LogP contribution < -0.4 is 9.46 Å². The van der Waals surface area contributed by atoms with Crippen molar-refractivity contribution in [1.82, 2.24) is 19.0 Å². The first-order chi connectivity index (χ1) is 22.5. The lowest BCUT2D eigenvalue weighted by Gasteiger charge is -2.17. The first-order valence-corrected chi connectivity index (χ1v) is 18.2. The first-order valence-electron chi connectivity index (χ1n) is 15.3. The number of sulfonamides is 2. The molecule has 6 rings (SSSR count). The van der Waals surface area contributed by atoms with Gasteiger partial charge in [0.2, 0.25) is 20.0 Å². The number of para-hydroxylation sites is 2. The zero-order valence-electron chi connectivity index (χ0n) is 26.9. The summed E-state index contributed by atoms with van der Waals surface area (Å²) in [5.74, 6) is 0.777. The smallest absolute Gasteiger partial charge is 0.242 e. The molecule has 3 N–H and O–H groups in total. The van der Waals surface area contributed by atoms with Gasteiger partial charge in [0.15, 0.2) is 0 Å². The molecule has 0 unspecified atom stereocenters. The number of aromatic amines is 2. The van der Waals surface area contributed by atoms with E-state index in [1.54, 1.807) is 50.6 Å². The molecular formula is C36H40N4O5S2. The summed E-state index contributed by atoms with van der Waals surface area (Å²) in [5.41, 5.74) is 6.26. The number of ether oxygens (including phenoxy) is 1. The molecule has 0 amide bonds. The van der Waals surface area contributed by atoms with Crippen molar-refractivity contribution in [1.29, 1.82) is 0 Å². The normalized spacial score (nSPS) is 11.9. The number of hydrogen-bond donors (Lipinski definition) is 3. The highest BCUT2D eigenvalue weighted by Crippen LogP contribution is 2.27. The number of rotatable bonds is 11. The summed E-state index contributed by atoms with van der Waals surface area (Å²) in [4.78, 5) is 7.03. The third-order valence-corrected chi connectivity index (χ3v) is 11.4. The van der Waals surface area contributed by atoms with Gasteiger partial charge >= 0.3 is 0 Å². The second-order valence-corrected chi connectivity index (χ2v) is 15.2. The van der Waals surface area contributed by atoms with Crippen molar-refractivity contribution in [3.8, 4) is 5.75 Å². The number of methoxy groups -OCH3 is 1. The van der Waals surface area contributed by atoms with Crippen LogP contribution in [0.5, 0.6) is 5.75 Å². The lowest BCUT2D eigenvalue weighted by Crippen LogP contribution is -2.29. The number of H-pyrrole nitrogens is 2. The first kappa shape index (κ1) is 33.9. The Morgan fingerprint density at radius 2 is 1.30 bits per heavy atom. The van der Waals surface area contributed by atoms with Crippen molar-refractivity contribution in [3.63, 3.8) is 0 Å². The van der Waals surface area contributed by atoms with Gasteiger partial charge in [-0.3, -0.25) is 0 Å². The van der Waals surface area contributed by atoms with Crippen LogP contribution in [0.15, 0.2) is 113 Å². The standard InChI is InChI=1S/C18H20N2O3S.C18H20N2O2S/c1-13-6-8-15(9-7-13)24(21,22)20-11-10-14-12-19-18-16(14)4-3-5-17(18)23-2;1-14-7-9-16(10-8-14)23(21,22)20(2)12-11-15-13-19-18-6-4-3-5-17(15)18/h3-9,12,19-20H,10-11H2,1-2H3;3-10,13,19H,11-12H2,1-2H3. The summed E-state index contributed by atoms with van der Waals surface area (Å²) in [7, 11) is -3.66. The van der Waals surface area contributed by atoms with Gasteiger partial charge in [0.05, 0.1) is 22.4 Å². The topological polar surface area (TPSA) is 124 Å². The predicted octanol–water partition coefficient (Wildman–Crippen LogP) is 6.35. The summed E-state index contributed by atoms with van der Waals surface area (Å²) < 4.78 is 59.2. The van der Waals surface area contributed by atoms with Crippen LogP contribution in [0.25, 0.3) is 21.8 Å². The van der Waals surface area contributed by atoms with Crippen LogP contribution in [0.1, 0.15) is 22.3 Å². The Morgan fingerprint density at radius 3 is 1.98 bits per heavy atom. The molecule has 0 fully saturated rings. The van der Waals surface area contributed by atoms with Crippen LogP contribution in [0.4, 0.5) is 0 Å². The fourth-order valence-corrected chi connectivity index (χ4v) is 7.51. The number of aromatic nitrogens is 2. The molecule has 2 heterocycles. The second kappa shape index (κ2) is 14.6. The third-order valence-electron chi connectivity index (χ3n) is 8.10. The molecule has 0 saturated carbocycles. The monoisotopic (exact) mass is 672 g/mol. The molecule has 0 spiro atoms. The maximum Gasteiger partial charge on any atom is 0.242 e. The molecule has 2 aromatic heterocycles. The molecule has 11 heteroatoms. The number of likely N-dealkylation sites (N-methyl/N-ethyl adjacent to an activating group) is 1. The minimum Gasteiger partial charge on any atom is -0.495 e. The molecule has 0 aliphatic carbocycles. The number of fused-ring (bicyclic) bond motifs is 2. The van der Waals surface area contributed by atoms with E-state index in [4.69, 9.17) is 4.74 Å². The Labute approximate surface area is 276 Å². The summed E-state index contributed by atoms with van der Waals surface area (Å²) in [6, 6.07) is 27.6. The number of nitrogens with zero attached hydrogens (tertiary/aromatic N) is 1. The molecule has 4 aromatic carbocycles. The summed E-state index contributed by atoms with van der Waals surface area (Å²) in [6.07, 6.45) is 5.12. The van der Waals surface area contributed by atoms with Crippen LogP contribution in [-0.2, 0) is 32.9 Å². The number of aryl methyl sites for hydroxylation is 2. The Morgan fingerprint density at radius 1 is 0.702 bits per heavy atom. The molecular weight excluding hydrogens is 633 g/mol. The molecule has 0 saturated heterocycles. The maximum absolute atomic E-state index is 12.6. The number of benzene rings is 4. The molecule has 0 atom stereocenters. The van der Waals surface area contributed by atoms with Crippen molar-refractivity contribution in [2.45, 2.75) is 36.5 Å². The molecule has 47 heavy (non-hydrogen) atoms. The highest BCUT2D eigenvalue weighted by Gasteiger charge is 2.20. The second-order valence-electron chi connectivity index (χ2n) is 11.4. The van der Waals surface area contributed by atoms with Gasteiger partial charge in [-0.1, -0.05) is 65.7 Å². The van der Waals surface area contributed by atoms with Crippen molar-refractivity contribution in [2.75, 3.05) is 27.2 Å². The minimum atomic E-state index is -3.48. The molecule has 6 aromatic rings. The largest absolute Gasteiger partial charge is 0.495 e. The van der Waals surface area contributed by atoms with E-state index in [1.165, 1.54) is 4.31 Å². The van der Waals surface area contributed by atoms with Gasteiger partial charge in [0, 0.05) is 48.8 Å². The maximum atomic E-state index is 12.6. The van der Waals surface area contributed by atoms with E-state index in [0.717, 1.165) is 49.8 Å². The van der Waals surface area contributed by atoms with Crippen molar-refractivity contribution in [2.24, 2.45) is 0 Å². The molecule has 9 nitrogen and oxygen atoms in total. The average Bonchev–Trinajstić information content (AvgIpc) is 3.68. The van der Waals surface area contributed by atoms with E-state index in [2.05, 4.69) is 20.8 Å². The summed E-state index contributed by atoms with van der Waals surface area (Å²) in [5, 5.41) is 2.19. The Bertz CT molecular complexity index is 2170. The van der Waals surface area contributed by atoms with Crippen molar-refractivity contribution >= 4 is 41.9 Å². The summed E-state index contributed by atoms with van der Waals surface area (Å²) in [6.45, 7) is 4.64.